The van der Waals surface area contributed by atoms with E-state index in [1.54, 1.807) is 12.3 Å². The van der Waals surface area contributed by atoms with Crippen molar-refractivity contribution in [3.05, 3.63) is 33.7 Å². The number of H-pyrrole nitrogens is 1. The predicted octanol–water partition coefficient (Wildman–Crippen LogP) is 1.92. The molecule has 0 unspecified atom stereocenters. The Hall–Kier alpha value is -1.36. The Bertz CT molecular complexity index is 502. The van der Waals surface area contributed by atoms with Crippen molar-refractivity contribution in [2.75, 3.05) is 0 Å². The van der Waals surface area contributed by atoms with Gasteiger partial charge in [0.2, 0.25) is 5.13 Å². The van der Waals surface area contributed by atoms with E-state index >= 15 is 0 Å². The van der Waals surface area contributed by atoms with Crippen LogP contribution in [0.25, 0.3) is 5.13 Å². The quantitative estimate of drug-likeness (QED) is 0.803. The van der Waals surface area contributed by atoms with Gasteiger partial charge in [0.25, 0.3) is 5.56 Å². The highest BCUT2D eigenvalue weighted by molar-refractivity contribution is 7.12. The molecule has 0 amide bonds. The number of nitrogens with one attached hydrogen (secondary N) is 1. The Balaban J connectivity index is 2.52. The minimum atomic E-state index is -0.0603. The van der Waals surface area contributed by atoms with Crippen LogP contribution in [-0.4, -0.2) is 14.8 Å². The first-order valence-electron chi connectivity index (χ1n) is 4.71. The summed E-state index contributed by atoms with van der Waals surface area (Å²) in [7, 11) is 0. The van der Waals surface area contributed by atoms with E-state index in [-0.39, 0.29) is 11.0 Å². The molecule has 0 spiro atoms. The van der Waals surface area contributed by atoms with Gasteiger partial charge < -0.3 is 0 Å². The van der Waals surface area contributed by atoms with Crippen molar-refractivity contribution in [3.8, 4) is 5.13 Å². The number of aromatic nitrogens is 3. The zero-order valence-electron chi connectivity index (χ0n) is 8.94. The lowest BCUT2D eigenvalue weighted by Crippen LogP contribution is -2.14. The molecule has 0 aliphatic carbocycles. The van der Waals surface area contributed by atoms with E-state index < -0.39 is 0 Å². The zero-order chi connectivity index (χ0) is 11.1. The summed E-state index contributed by atoms with van der Waals surface area (Å²) in [6, 6.07) is 1.63. The Kier molecular flexibility index (Phi) is 2.26. The van der Waals surface area contributed by atoms with Gasteiger partial charge >= 0.3 is 0 Å². The summed E-state index contributed by atoms with van der Waals surface area (Å²) in [4.78, 5) is 15.8. The van der Waals surface area contributed by atoms with Gasteiger partial charge in [-0.1, -0.05) is 20.8 Å². The third-order valence-corrected chi connectivity index (χ3v) is 2.90. The minimum absolute atomic E-state index is 0.0539. The van der Waals surface area contributed by atoms with Crippen LogP contribution in [0.2, 0.25) is 0 Å². The lowest BCUT2D eigenvalue weighted by Gasteiger charge is -2.15. The number of thiazole rings is 1. The maximum Gasteiger partial charge on any atom is 0.273 e. The van der Waals surface area contributed by atoms with E-state index in [9.17, 15) is 4.79 Å². The number of aromatic amines is 1. The summed E-state index contributed by atoms with van der Waals surface area (Å²) >= 11 is 1.43. The third kappa shape index (κ3) is 1.87. The van der Waals surface area contributed by atoms with Crippen molar-refractivity contribution >= 4 is 11.3 Å². The molecule has 5 heteroatoms. The number of hydrogen-bond acceptors (Lipinski definition) is 3. The van der Waals surface area contributed by atoms with Crippen LogP contribution >= 0.6 is 11.3 Å². The fourth-order valence-electron chi connectivity index (χ4n) is 1.25. The van der Waals surface area contributed by atoms with Crippen molar-refractivity contribution in [1.29, 1.82) is 0 Å². The normalized spacial score (nSPS) is 11.9. The van der Waals surface area contributed by atoms with Crippen molar-refractivity contribution in [2.45, 2.75) is 26.2 Å². The molecule has 15 heavy (non-hydrogen) atoms. The number of rotatable bonds is 1. The highest BCUT2D eigenvalue weighted by Gasteiger charge is 2.18. The first-order chi connectivity index (χ1) is 6.98. The maximum atomic E-state index is 11.7. The van der Waals surface area contributed by atoms with Crippen molar-refractivity contribution < 1.29 is 0 Å². The molecule has 4 nitrogen and oxygen atoms in total. The molecular formula is C10H13N3OS. The van der Waals surface area contributed by atoms with Gasteiger partial charge in [-0.3, -0.25) is 9.89 Å². The number of hydrogen-bond donors (Lipinski definition) is 1. The van der Waals surface area contributed by atoms with E-state index in [1.807, 2.05) is 5.38 Å². The summed E-state index contributed by atoms with van der Waals surface area (Å²) < 4.78 is 1.48. The van der Waals surface area contributed by atoms with E-state index in [0.29, 0.717) is 5.13 Å². The van der Waals surface area contributed by atoms with Gasteiger partial charge in [-0.15, -0.1) is 11.3 Å². The first-order valence-corrected chi connectivity index (χ1v) is 5.59. The molecular weight excluding hydrogens is 210 g/mol. The predicted molar refractivity (Wildman–Crippen MR) is 60.8 cm³/mol. The molecule has 80 valence electrons. The van der Waals surface area contributed by atoms with Crippen LogP contribution in [0, 0.1) is 0 Å². The minimum Gasteiger partial charge on any atom is -0.292 e. The zero-order valence-corrected chi connectivity index (χ0v) is 9.76. The monoisotopic (exact) mass is 223 g/mol. The second-order valence-electron chi connectivity index (χ2n) is 4.41. The average Bonchev–Trinajstić information content (AvgIpc) is 2.69. The van der Waals surface area contributed by atoms with Crippen molar-refractivity contribution in [2.24, 2.45) is 0 Å². The summed E-state index contributed by atoms with van der Waals surface area (Å²) in [6.45, 7) is 6.18. The molecule has 2 aromatic rings. The van der Waals surface area contributed by atoms with Crippen LogP contribution in [0.5, 0.6) is 0 Å². The fraction of sp³-hybridized carbons (Fsp3) is 0.400. The van der Waals surface area contributed by atoms with E-state index in [4.69, 9.17) is 0 Å². The molecule has 0 saturated heterocycles. The number of nitrogens with zero attached hydrogens (tertiary/aromatic N) is 2. The largest absolute Gasteiger partial charge is 0.292 e. The van der Waals surface area contributed by atoms with Crippen LogP contribution in [-0.2, 0) is 5.41 Å². The van der Waals surface area contributed by atoms with Crippen LogP contribution < -0.4 is 5.56 Å². The van der Waals surface area contributed by atoms with Crippen molar-refractivity contribution in [3.63, 3.8) is 0 Å². The molecule has 0 aliphatic rings. The molecule has 0 atom stereocenters. The van der Waals surface area contributed by atoms with Gasteiger partial charge in [0.1, 0.15) is 0 Å². The van der Waals surface area contributed by atoms with Gasteiger partial charge in [0.05, 0.1) is 0 Å². The molecule has 0 bridgehead atoms. The van der Waals surface area contributed by atoms with Gasteiger partial charge in [-0.05, 0) is 0 Å². The van der Waals surface area contributed by atoms with Crippen LogP contribution in [0.4, 0.5) is 0 Å². The molecule has 0 fully saturated rings. The van der Waals surface area contributed by atoms with Gasteiger partial charge in [-0.2, -0.15) is 4.68 Å². The van der Waals surface area contributed by atoms with E-state index in [1.165, 1.54) is 16.0 Å². The molecule has 1 N–H and O–H groups in total. The lowest BCUT2D eigenvalue weighted by atomic mass is 9.93. The SMILES string of the molecule is CC(C)(C)c1cc(=O)n(-c2nccs2)[nH]1. The fourth-order valence-corrected chi connectivity index (χ4v) is 1.85. The highest BCUT2D eigenvalue weighted by Crippen LogP contribution is 2.19. The van der Waals surface area contributed by atoms with Crippen molar-refractivity contribution in [1.82, 2.24) is 14.8 Å². The molecule has 0 aliphatic heterocycles. The average molecular weight is 223 g/mol. The van der Waals surface area contributed by atoms with Gasteiger partial charge in [0, 0.05) is 28.8 Å². The molecule has 0 aromatic carbocycles. The lowest BCUT2D eigenvalue weighted by molar-refractivity contribution is 0.560. The standard InChI is InChI=1S/C10H13N3OS/c1-10(2,3)7-6-8(14)13(12-7)9-11-4-5-15-9/h4-6,12H,1-3H3. The molecule has 2 rings (SSSR count). The smallest absolute Gasteiger partial charge is 0.273 e. The Labute approximate surface area is 91.6 Å². The highest BCUT2D eigenvalue weighted by atomic mass is 32.1. The summed E-state index contributed by atoms with van der Waals surface area (Å²) in [5, 5.41) is 5.60. The molecule has 2 aromatic heterocycles. The molecule has 0 radical (unpaired) electrons. The van der Waals surface area contributed by atoms with Crippen LogP contribution in [0.1, 0.15) is 26.5 Å². The first kappa shape index (κ1) is 10.2. The molecule has 2 heterocycles. The summed E-state index contributed by atoms with van der Waals surface area (Å²) in [5.41, 5.74) is 0.805. The Morgan fingerprint density at radius 3 is 2.67 bits per heavy atom. The second kappa shape index (κ2) is 3.34. The van der Waals surface area contributed by atoms with Gasteiger partial charge in [0.15, 0.2) is 0 Å². The van der Waals surface area contributed by atoms with Crippen LogP contribution in [0.3, 0.4) is 0 Å². The summed E-state index contributed by atoms with van der Waals surface area (Å²) in [6.07, 6.45) is 1.68. The van der Waals surface area contributed by atoms with Gasteiger partial charge in [-0.25, -0.2) is 4.98 Å². The maximum absolute atomic E-state index is 11.7. The topological polar surface area (TPSA) is 50.7 Å². The van der Waals surface area contributed by atoms with Crippen LogP contribution in [0.15, 0.2) is 22.4 Å². The Morgan fingerprint density at radius 2 is 2.20 bits per heavy atom. The van der Waals surface area contributed by atoms with E-state index in [2.05, 4.69) is 30.9 Å². The second-order valence-corrected chi connectivity index (χ2v) is 5.28. The van der Waals surface area contributed by atoms with E-state index in [0.717, 1.165) is 5.69 Å². The third-order valence-electron chi connectivity index (χ3n) is 2.14. The molecule has 0 saturated carbocycles. The summed E-state index contributed by atoms with van der Waals surface area (Å²) in [5.74, 6) is 0. The Morgan fingerprint density at radius 1 is 1.47 bits per heavy atom.